The largest absolute Gasteiger partial charge is 0.449 e. The Labute approximate surface area is 160 Å². The predicted molar refractivity (Wildman–Crippen MR) is 102 cm³/mol. The molecular formula is C19H28N2O5S. The standard InChI is InChI=1S/C19H28N2O5S/c1-3-21-27(24,25)17-11-9-16(10-12-17)19(23)26-14(2)18(22)20-13-15-7-5-4-6-8-15/h9-12,14-15,21H,3-8,13H2,1-2H3,(H,20,22)/t14-/m0/s1. The van der Waals surface area contributed by atoms with Gasteiger partial charge in [-0.15, -0.1) is 0 Å². The molecule has 1 saturated carbocycles. The van der Waals surface area contributed by atoms with Gasteiger partial charge in [0.2, 0.25) is 10.0 Å². The van der Waals surface area contributed by atoms with Crippen molar-refractivity contribution in [3.63, 3.8) is 0 Å². The zero-order valence-corrected chi connectivity index (χ0v) is 16.7. The van der Waals surface area contributed by atoms with E-state index in [-0.39, 0.29) is 22.9 Å². The van der Waals surface area contributed by atoms with Gasteiger partial charge in [0.1, 0.15) is 0 Å². The number of benzene rings is 1. The number of hydrogen-bond acceptors (Lipinski definition) is 5. The van der Waals surface area contributed by atoms with Crippen LogP contribution in [0.5, 0.6) is 0 Å². The molecule has 1 aromatic rings. The second-order valence-corrected chi connectivity index (χ2v) is 8.59. The van der Waals surface area contributed by atoms with Crippen molar-refractivity contribution in [2.75, 3.05) is 13.1 Å². The van der Waals surface area contributed by atoms with E-state index in [0.717, 1.165) is 12.8 Å². The summed E-state index contributed by atoms with van der Waals surface area (Å²) in [6, 6.07) is 5.42. The lowest BCUT2D eigenvalue weighted by Gasteiger charge is -2.22. The molecule has 0 unspecified atom stereocenters. The van der Waals surface area contributed by atoms with Gasteiger partial charge in [0, 0.05) is 13.1 Å². The van der Waals surface area contributed by atoms with Crippen molar-refractivity contribution in [1.82, 2.24) is 10.0 Å². The highest BCUT2D eigenvalue weighted by atomic mass is 32.2. The summed E-state index contributed by atoms with van der Waals surface area (Å²) in [5.74, 6) is -0.486. The summed E-state index contributed by atoms with van der Waals surface area (Å²) in [6.07, 6.45) is 4.99. The predicted octanol–water partition coefficient (Wildman–Crippen LogP) is 2.23. The Kier molecular flexibility index (Phi) is 7.79. The first-order chi connectivity index (χ1) is 12.8. The number of carbonyl (C=O) groups is 2. The molecule has 0 heterocycles. The summed E-state index contributed by atoms with van der Waals surface area (Å²) >= 11 is 0. The van der Waals surface area contributed by atoms with Crippen LogP contribution in [0.3, 0.4) is 0 Å². The van der Waals surface area contributed by atoms with Crippen LogP contribution in [-0.2, 0) is 19.6 Å². The Balaban J connectivity index is 1.86. The summed E-state index contributed by atoms with van der Waals surface area (Å²) in [5, 5.41) is 2.85. The van der Waals surface area contributed by atoms with E-state index >= 15 is 0 Å². The van der Waals surface area contributed by atoms with Crippen LogP contribution in [0.4, 0.5) is 0 Å². The smallest absolute Gasteiger partial charge is 0.338 e. The maximum absolute atomic E-state index is 12.2. The molecule has 1 amide bonds. The Morgan fingerprint density at radius 1 is 1.15 bits per heavy atom. The maximum atomic E-state index is 12.2. The highest BCUT2D eigenvalue weighted by molar-refractivity contribution is 7.89. The Bertz CT molecular complexity index is 740. The Hall–Kier alpha value is -1.93. The molecule has 1 atom stereocenters. The molecule has 0 saturated heterocycles. The SMILES string of the molecule is CCNS(=O)(=O)c1ccc(C(=O)O[C@@H](C)C(=O)NCC2CCCCC2)cc1. The van der Waals surface area contributed by atoms with E-state index in [4.69, 9.17) is 4.74 Å². The van der Waals surface area contributed by atoms with Crippen LogP contribution in [0, 0.1) is 5.92 Å². The van der Waals surface area contributed by atoms with Crippen molar-refractivity contribution < 1.29 is 22.7 Å². The molecule has 1 aromatic carbocycles. The van der Waals surface area contributed by atoms with Crippen molar-refractivity contribution >= 4 is 21.9 Å². The van der Waals surface area contributed by atoms with Gasteiger partial charge in [-0.2, -0.15) is 0 Å². The molecule has 1 aliphatic rings. The van der Waals surface area contributed by atoms with E-state index in [1.165, 1.54) is 50.5 Å². The number of hydrogen-bond donors (Lipinski definition) is 2. The molecule has 150 valence electrons. The van der Waals surface area contributed by atoms with Crippen LogP contribution in [0.2, 0.25) is 0 Å². The molecule has 0 aromatic heterocycles. The van der Waals surface area contributed by atoms with E-state index in [1.807, 2.05) is 0 Å². The van der Waals surface area contributed by atoms with Gasteiger partial charge in [-0.05, 0) is 49.9 Å². The summed E-state index contributed by atoms with van der Waals surface area (Å²) in [5.41, 5.74) is 0.192. The molecule has 7 nitrogen and oxygen atoms in total. The molecule has 27 heavy (non-hydrogen) atoms. The molecule has 8 heteroatoms. The monoisotopic (exact) mass is 396 g/mol. The number of esters is 1. The van der Waals surface area contributed by atoms with Crippen LogP contribution in [0.25, 0.3) is 0 Å². The average molecular weight is 397 g/mol. The maximum Gasteiger partial charge on any atom is 0.338 e. The fourth-order valence-corrected chi connectivity index (χ4v) is 4.15. The number of carbonyl (C=O) groups excluding carboxylic acids is 2. The van der Waals surface area contributed by atoms with Crippen molar-refractivity contribution in [2.24, 2.45) is 5.92 Å². The molecule has 0 radical (unpaired) electrons. The minimum atomic E-state index is -3.57. The fraction of sp³-hybridized carbons (Fsp3) is 0.579. The first-order valence-corrected chi connectivity index (χ1v) is 10.9. The van der Waals surface area contributed by atoms with Crippen LogP contribution in [-0.4, -0.2) is 39.5 Å². The van der Waals surface area contributed by atoms with Gasteiger partial charge >= 0.3 is 5.97 Å². The molecule has 0 aliphatic heterocycles. The molecule has 2 N–H and O–H groups in total. The number of ether oxygens (including phenoxy) is 1. The molecule has 0 bridgehead atoms. The van der Waals surface area contributed by atoms with E-state index in [0.29, 0.717) is 12.5 Å². The van der Waals surface area contributed by atoms with Crippen LogP contribution < -0.4 is 10.0 Å². The Morgan fingerprint density at radius 2 is 1.78 bits per heavy atom. The second-order valence-electron chi connectivity index (χ2n) is 6.82. The summed E-state index contributed by atoms with van der Waals surface area (Å²) < 4.78 is 31.4. The van der Waals surface area contributed by atoms with Crippen molar-refractivity contribution in [2.45, 2.75) is 57.0 Å². The topological polar surface area (TPSA) is 102 Å². The number of rotatable bonds is 8. The van der Waals surface area contributed by atoms with Crippen LogP contribution >= 0.6 is 0 Å². The van der Waals surface area contributed by atoms with Crippen LogP contribution in [0.15, 0.2) is 29.2 Å². The van der Waals surface area contributed by atoms with Gasteiger partial charge in [-0.3, -0.25) is 4.79 Å². The summed E-state index contributed by atoms with van der Waals surface area (Å²) in [7, 11) is -3.57. The lowest BCUT2D eigenvalue weighted by atomic mass is 9.89. The van der Waals surface area contributed by atoms with Gasteiger partial charge < -0.3 is 10.1 Å². The minimum absolute atomic E-state index is 0.0687. The molecule has 2 rings (SSSR count). The van der Waals surface area contributed by atoms with Gasteiger partial charge in [0.05, 0.1) is 10.5 Å². The summed E-state index contributed by atoms with van der Waals surface area (Å²) in [4.78, 5) is 24.4. The first-order valence-electron chi connectivity index (χ1n) is 9.42. The Morgan fingerprint density at radius 3 is 2.37 bits per heavy atom. The number of nitrogens with one attached hydrogen (secondary N) is 2. The molecule has 1 aliphatic carbocycles. The fourth-order valence-electron chi connectivity index (χ4n) is 3.11. The lowest BCUT2D eigenvalue weighted by Crippen LogP contribution is -2.38. The quantitative estimate of drug-likeness (QED) is 0.656. The van der Waals surface area contributed by atoms with E-state index in [9.17, 15) is 18.0 Å². The molecular weight excluding hydrogens is 368 g/mol. The zero-order valence-electron chi connectivity index (χ0n) is 15.9. The third kappa shape index (κ3) is 6.32. The minimum Gasteiger partial charge on any atom is -0.449 e. The van der Waals surface area contributed by atoms with Crippen molar-refractivity contribution in [3.05, 3.63) is 29.8 Å². The first kappa shape index (κ1) is 21.4. The van der Waals surface area contributed by atoms with Crippen molar-refractivity contribution in [3.8, 4) is 0 Å². The van der Waals surface area contributed by atoms with E-state index in [1.54, 1.807) is 6.92 Å². The second kappa shape index (κ2) is 9.85. The molecule has 1 fully saturated rings. The van der Waals surface area contributed by atoms with Gasteiger partial charge in [0.25, 0.3) is 5.91 Å². The number of amides is 1. The zero-order chi connectivity index (χ0) is 19.9. The van der Waals surface area contributed by atoms with E-state index < -0.39 is 22.1 Å². The normalized spacial score (nSPS) is 16.5. The van der Waals surface area contributed by atoms with Gasteiger partial charge in [-0.1, -0.05) is 26.2 Å². The highest BCUT2D eigenvalue weighted by Crippen LogP contribution is 2.22. The molecule has 0 spiro atoms. The van der Waals surface area contributed by atoms with Crippen molar-refractivity contribution in [1.29, 1.82) is 0 Å². The van der Waals surface area contributed by atoms with Gasteiger partial charge in [0.15, 0.2) is 6.10 Å². The van der Waals surface area contributed by atoms with E-state index in [2.05, 4.69) is 10.0 Å². The summed E-state index contributed by atoms with van der Waals surface area (Å²) in [6.45, 7) is 4.10. The number of sulfonamides is 1. The lowest BCUT2D eigenvalue weighted by molar-refractivity contribution is -0.129. The third-order valence-corrected chi connectivity index (χ3v) is 6.24. The van der Waals surface area contributed by atoms with Crippen LogP contribution in [0.1, 0.15) is 56.3 Å². The highest BCUT2D eigenvalue weighted by Gasteiger charge is 2.21. The average Bonchev–Trinajstić information content (AvgIpc) is 2.67. The van der Waals surface area contributed by atoms with Gasteiger partial charge in [-0.25, -0.2) is 17.9 Å². The third-order valence-electron chi connectivity index (χ3n) is 4.68.